The van der Waals surface area contributed by atoms with Crippen LogP contribution in [0.1, 0.15) is 26.3 Å². The Morgan fingerprint density at radius 2 is 2.00 bits per heavy atom. The highest BCUT2D eigenvalue weighted by Crippen LogP contribution is 2.33. The van der Waals surface area contributed by atoms with Crippen LogP contribution in [0.2, 0.25) is 0 Å². The molecular formula is C26H25N5O3S. The quantitative estimate of drug-likeness (QED) is 0.358. The molecule has 0 spiro atoms. The van der Waals surface area contributed by atoms with Crippen molar-refractivity contribution in [3.05, 3.63) is 59.5 Å². The van der Waals surface area contributed by atoms with E-state index in [0.29, 0.717) is 23.8 Å². The summed E-state index contributed by atoms with van der Waals surface area (Å²) < 4.78 is 6.65. The molecule has 178 valence electrons. The number of aromatic nitrogens is 2. The molecule has 0 aliphatic carbocycles. The molecule has 0 radical (unpaired) electrons. The Hall–Kier alpha value is -3.98. The van der Waals surface area contributed by atoms with Gasteiger partial charge >= 0.3 is 0 Å². The molecule has 3 N–H and O–H groups in total. The maximum absolute atomic E-state index is 12.1. The van der Waals surface area contributed by atoms with Crippen molar-refractivity contribution in [3.8, 4) is 17.1 Å². The van der Waals surface area contributed by atoms with E-state index in [2.05, 4.69) is 16.0 Å². The number of benzene rings is 2. The highest BCUT2D eigenvalue weighted by Gasteiger charge is 2.19. The van der Waals surface area contributed by atoms with Crippen LogP contribution in [0, 0.1) is 0 Å². The SMILES string of the molecule is CC(C)(C)NC(=O)COc1cccc(-c2nc(Nc3ccc4c(c3)CC(=O)N4)c3sccc3n2)c1. The Labute approximate surface area is 206 Å². The number of carbonyl (C=O) groups excluding carboxylic acids is 2. The molecule has 3 heterocycles. The fourth-order valence-corrected chi connectivity index (χ4v) is 4.63. The first-order valence-electron chi connectivity index (χ1n) is 11.2. The molecule has 0 saturated carbocycles. The van der Waals surface area contributed by atoms with Crippen LogP contribution in [0.15, 0.2) is 53.9 Å². The number of anilines is 3. The summed E-state index contributed by atoms with van der Waals surface area (Å²) in [5, 5.41) is 11.1. The molecule has 0 bridgehead atoms. The Balaban J connectivity index is 1.40. The third-order valence-corrected chi connectivity index (χ3v) is 6.18. The van der Waals surface area contributed by atoms with Gasteiger partial charge in [0, 0.05) is 22.5 Å². The minimum Gasteiger partial charge on any atom is -0.484 e. The molecule has 1 aliphatic heterocycles. The van der Waals surface area contributed by atoms with Gasteiger partial charge in [-0.2, -0.15) is 0 Å². The van der Waals surface area contributed by atoms with E-state index in [-0.39, 0.29) is 24.0 Å². The molecule has 2 aromatic carbocycles. The third kappa shape index (κ3) is 5.25. The number of amides is 2. The minimum absolute atomic E-state index is 0.0000997. The molecule has 2 aromatic heterocycles. The Kier molecular flexibility index (Phi) is 5.86. The van der Waals surface area contributed by atoms with E-state index < -0.39 is 0 Å². The van der Waals surface area contributed by atoms with Gasteiger partial charge in [0.2, 0.25) is 5.91 Å². The van der Waals surface area contributed by atoms with E-state index >= 15 is 0 Å². The van der Waals surface area contributed by atoms with E-state index in [9.17, 15) is 9.59 Å². The summed E-state index contributed by atoms with van der Waals surface area (Å²) >= 11 is 1.56. The summed E-state index contributed by atoms with van der Waals surface area (Å²) in [6, 6.07) is 15.1. The molecule has 0 unspecified atom stereocenters. The zero-order valence-electron chi connectivity index (χ0n) is 19.6. The number of nitrogens with one attached hydrogen (secondary N) is 3. The predicted octanol–water partition coefficient (Wildman–Crippen LogP) is 4.89. The summed E-state index contributed by atoms with van der Waals surface area (Å²) in [6.45, 7) is 5.70. The largest absolute Gasteiger partial charge is 0.484 e. The lowest BCUT2D eigenvalue weighted by molar-refractivity contribution is -0.124. The van der Waals surface area contributed by atoms with Gasteiger partial charge in [0.1, 0.15) is 5.75 Å². The van der Waals surface area contributed by atoms with Crippen LogP contribution in [-0.4, -0.2) is 33.9 Å². The number of rotatable bonds is 6. The van der Waals surface area contributed by atoms with Crippen molar-refractivity contribution >= 4 is 50.6 Å². The number of nitrogens with zero attached hydrogens (tertiary/aromatic N) is 2. The average Bonchev–Trinajstić information content (AvgIpc) is 3.42. The molecule has 0 atom stereocenters. The van der Waals surface area contributed by atoms with Crippen molar-refractivity contribution in [3.63, 3.8) is 0 Å². The fourth-order valence-electron chi connectivity index (χ4n) is 3.85. The molecule has 0 fully saturated rings. The maximum atomic E-state index is 12.1. The number of fused-ring (bicyclic) bond motifs is 2. The Morgan fingerprint density at radius 3 is 2.83 bits per heavy atom. The van der Waals surface area contributed by atoms with Crippen molar-refractivity contribution in [2.24, 2.45) is 0 Å². The summed E-state index contributed by atoms with van der Waals surface area (Å²) in [5.74, 6) is 1.61. The molecule has 4 aromatic rings. The Bertz CT molecular complexity index is 1440. The smallest absolute Gasteiger partial charge is 0.258 e. The second-order valence-electron chi connectivity index (χ2n) is 9.37. The van der Waals surface area contributed by atoms with E-state index in [1.807, 2.05) is 68.6 Å². The van der Waals surface area contributed by atoms with Gasteiger partial charge in [-0.25, -0.2) is 9.97 Å². The second kappa shape index (κ2) is 8.99. The first-order chi connectivity index (χ1) is 16.7. The monoisotopic (exact) mass is 487 g/mol. The molecule has 0 saturated heterocycles. The van der Waals surface area contributed by atoms with E-state index in [1.165, 1.54) is 0 Å². The van der Waals surface area contributed by atoms with Crippen LogP contribution < -0.4 is 20.7 Å². The zero-order valence-corrected chi connectivity index (χ0v) is 20.5. The summed E-state index contributed by atoms with van der Waals surface area (Å²) in [4.78, 5) is 33.4. The van der Waals surface area contributed by atoms with E-state index in [0.717, 1.165) is 32.7 Å². The number of thiophene rings is 1. The molecule has 1 aliphatic rings. The normalized spacial score (nSPS) is 12.8. The highest BCUT2D eigenvalue weighted by atomic mass is 32.1. The van der Waals surface area contributed by atoms with Gasteiger partial charge < -0.3 is 20.7 Å². The van der Waals surface area contributed by atoms with Crippen LogP contribution in [0.25, 0.3) is 21.6 Å². The lowest BCUT2D eigenvalue weighted by Crippen LogP contribution is -2.43. The summed E-state index contributed by atoms with van der Waals surface area (Å²) in [5.41, 5.74) is 3.94. The molecule has 5 rings (SSSR count). The number of carbonyl (C=O) groups is 2. The lowest BCUT2D eigenvalue weighted by atomic mass is 10.1. The maximum Gasteiger partial charge on any atom is 0.258 e. The van der Waals surface area contributed by atoms with Crippen molar-refractivity contribution in [1.29, 1.82) is 0 Å². The van der Waals surface area contributed by atoms with Gasteiger partial charge in [0.15, 0.2) is 18.2 Å². The fraction of sp³-hybridized carbons (Fsp3) is 0.231. The van der Waals surface area contributed by atoms with Gasteiger partial charge in [-0.3, -0.25) is 9.59 Å². The van der Waals surface area contributed by atoms with Crippen LogP contribution in [0.3, 0.4) is 0 Å². The van der Waals surface area contributed by atoms with Crippen molar-refractivity contribution < 1.29 is 14.3 Å². The van der Waals surface area contributed by atoms with Crippen LogP contribution in [-0.2, 0) is 16.0 Å². The minimum atomic E-state index is -0.319. The second-order valence-corrected chi connectivity index (χ2v) is 10.3. The molecule has 2 amide bonds. The van der Waals surface area contributed by atoms with Gasteiger partial charge in [-0.15, -0.1) is 11.3 Å². The first kappa shape index (κ1) is 22.8. The summed E-state index contributed by atoms with van der Waals surface area (Å²) in [6.07, 6.45) is 0.370. The van der Waals surface area contributed by atoms with Crippen molar-refractivity contribution in [2.75, 3.05) is 17.2 Å². The zero-order chi connectivity index (χ0) is 24.6. The predicted molar refractivity (Wildman–Crippen MR) is 138 cm³/mol. The average molecular weight is 488 g/mol. The first-order valence-corrected chi connectivity index (χ1v) is 12.1. The molecule has 8 nitrogen and oxygen atoms in total. The summed E-state index contributed by atoms with van der Waals surface area (Å²) in [7, 11) is 0. The number of hydrogen-bond acceptors (Lipinski definition) is 7. The van der Waals surface area contributed by atoms with Crippen LogP contribution in [0.5, 0.6) is 5.75 Å². The number of hydrogen-bond donors (Lipinski definition) is 3. The molecule has 35 heavy (non-hydrogen) atoms. The van der Waals surface area contributed by atoms with E-state index in [4.69, 9.17) is 14.7 Å². The van der Waals surface area contributed by atoms with Crippen molar-refractivity contribution in [1.82, 2.24) is 15.3 Å². The van der Waals surface area contributed by atoms with Crippen LogP contribution >= 0.6 is 11.3 Å². The number of ether oxygens (including phenoxy) is 1. The van der Waals surface area contributed by atoms with E-state index in [1.54, 1.807) is 17.4 Å². The van der Waals surface area contributed by atoms with Gasteiger partial charge in [0.05, 0.1) is 16.6 Å². The van der Waals surface area contributed by atoms with Crippen LogP contribution in [0.4, 0.5) is 17.2 Å². The molecule has 9 heteroatoms. The van der Waals surface area contributed by atoms with Gasteiger partial charge in [-0.1, -0.05) is 12.1 Å². The van der Waals surface area contributed by atoms with Gasteiger partial charge in [-0.05, 0) is 68.1 Å². The standard InChI is InChI=1S/C26H25N5O3S/c1-26(2,3)31-22(33)14-34-18-6-4-5-15(12-18)24-29-20-9-10-35-23(20)25(30-24)27-17-7-8-19-16(11-17)13-21(32)28-19/h4-12H,13-14H2,1-3H3,(H,28,32)(H,31,33)(H,27,29,30). The lowest BCUT2D eigenvalue weighted by Gasteiger charge is -2.20. The van der Waals surface area contributed by atoms with Gasteiger partial charge in [0.25, 0.3) is 5.91 Å². The highest BCUT2D eigenvalue weighted by molar-refractivity contribution is 7.17. The topological polar surface area (TPSA) is 105 Å². The molecular weight excluding hydrogens is 462 g/mol. The van der Waals surface area contributed by atoms with Crippen molar-refractivity contribution in [2.45, 2.75) is 32.7 Å². The third-order valence-electron chi connectivity index (χ3n) is 5.27. The Morgan fingerprint density at radius 1 is 1.14 bits per heavy atom.